The van der Waals surface area contributed by atoms with E-state index in [2.05, 4.69) is 10.4 Å². The SMILES string of the molecule is CCn1cc(N)cc1C(=O)Nc1cnn(C(C)C)c1. The van der Waals surface area contributed by atoms with Crippen molar-refractivity contribution in [1.29, 1.82) is 0 Å². The van der Waals surface area contributed by atoms with Gasteiger partial charge < -0.3 is 15.6 Å². The van der Waals surface area contributed by atoms with Crippen molar-refractivity contribution in [2.75, 3.05) is 11.1 Å². The van der Waals surface area contributed by atoms with Gasteiger partial charge in [0.05, 0.1) is 17.6 Å². The Labute approximate surface area is 112 Å². The molecule has 0 aliphatic carbocycles. The fraction of sp³-hybridized carbons (Fsp3) is 0.385. The van der Waals surface area contributed by atoms with Crippen LogP contribution in [0.5, 0.6) is 0 Å². The third-order valence-corrected chi connectivity index (χ3v) is 2.88. The zero-order chi connectivity index (χ0) is 14.0. The van der Waals surface area contributed by atoms with Gasteiger partial charge in [0.15, 0.2) is 0 Å². The monoisotopic (exact) mass is 261 g/mol. The average molecular weight is 261 g/mol. The molecule has 0 atom stereocenters. The number of hydrogen-bond donors (Lipinski definition) is 2. The van der Waals surface area contributed by atoms with Crippen molar-refractivity contribution < 1.29 is 4.79 Å². The lowest BCUT2D eigenvalue weighted by Gasteiger charge is -2.06. The minimum Gasteiger partial charge on any atom is -0.397 e. The van der Waals surface area contributed by atoms with E-state index in [0.717, 1.165) is 0 Å². The Morgan fingerprint density at radius 2 is 2.21 bits per heavy atom. The Kier molecular flexibility index (Phi) is 3.59. The number of nitrogens with one attached hydrogen (secondary N) is 1. The minimum atomic E-state index is -0.179. The van der Waals surface area contributed by atoms with E-state index in [0.29, 0.717) is 23.6 Å². The maximum atomic E-state index is 12.2. The first-order valence-electron chi connectivity index (χ1n) is 6.32. The fourth-order valence-electron chi connectivity index (χ4n) is 1.87. The largest absolute Gasteiger partial charge is 0.397 e. The van der Waals surface area contributed by atoms with Crippen LogP contribution in [0.25, 0.3) is 0 Å². The van der Waals surface area contributed by atoms with Crippen LogP contribution in [0.3, 0.4) is 0 Å². The van der Waals surface area contributed by atoms with Gasteiger partial charge in [-0.25, -0.2) is 0 Å². The molecule has 3 N–H and O–H groups in total. The highest BCUT2D eigenvalue weighted by Crippen LogP contribution is 2.14. The molecular formula is C13H19N5O. The van der Waals surface area contributed by atoms with Gasteiger partial charge >= 0.3 is 0 Å². The number of amides is 1. The molecule has 19 heavy (non-hydrogen) atoms. The smallest absolute Gasteiger partial charge is 0.272 e. The van der Waals surface area contributed by atoms with Crippen LogP contribution in [-0.2, 0) is 6.54 Å². The van der Waals surface area contributed by atoms with Crippen molar-refractivity contribution in [2.45, 2.75) is 33.4 Å². The molecule has 2 heterocycles. The number of carbonyl (C=O) groups excluding carboxylic acids is 1. The van der Waals surface area contributed by atoms with E-state index in [1.54, 1.807) is 23.1 Å². The normalized spacial score (nSPS) is 10.9. The number of nitrogens with zero attached hydrogens (tertiary/aromatic N) is 3. The van der Waals surface area contributed by atoms with Gasteiger partial charge in [-0.05, 0) is 26.8 Å². The topological polar surface area (TPSA) is 77.9 Å². The van der Waals surface area contributed by atoms with Crippen molar-refractivity contribution in [2.24, 2.45) is 0 Å². The van der Waals surface area contributed by atoms with Gasteiger partial charge in [0.1, 0.15) is 5.69 Å². The third kappa shape index (κ3) is 2.78. The number of aryl methyl sites for hydroxylation is 1. The molecule has 1 amide bonds. The molecule has 0 aliphatic rings. The van der Waals surface area contributed by atoms with Crippen LogP contribution in [0.1, 0.15) is 37.3 Å². The Hall–Kier alpha value is -2.24. The van der Waals surface area contributed by atoms with Crippen molar-refractivity contribution in [3.8, 4) is 0 Å². The molecule has 6 heteroatoms. The average Bonchev–Trinajstić information content (AvgIpc) is 2.95. The van der Waals surface area contributed by atoms with E-state index in [1.165, 1.54) is 0 Å². The lowest BCUT2D eigenvalue weighted by molar-refractivity contribution is 0.101. The zero-order valence-corrected chi connectivity index (χ0v) is 11.4. The quantitative estimate of drug-likeness (QED) is 0.885. The Bertz CT molecular complexity index is 582. The molecule has 0 aliphatic heterocycles. The molecule has 0 saturated carbocycles. The lowest BCUT2D eigenvalue weighted by Crippen LogP contribution is -2.16. The van der Waals surface area contributed by atoms with Crippen LogP contribution in [0, 0.1) is 0 Å². The molecule has 0 radical (unpaired) electrons. The molecule has 0 spiro atoms. The van der Waals surface area contributed by atoms with Gasteiger partial charge in [0.2, 0.25) is 0 Å². The Balaban J connectivity index is 2.15. The second kappa shape index (κ2) is 5.17. The molecule has 2 aromatic rings. The lowest BCUT2D eigenvalue weighted by atomic mass is 10.3. The fourth-order valence-corrected chi connectivity index (χ4v) is 1.87. The summed E-state index contributed by atoms with van der Waals surface area (Å²) in [5, 5.41) is 7.00. The van der Waals surface area contributed by atoms with Crippen LogP contribution in [0.2, 0.25) is 0 Å². The van der Waals surface area contributed by atoms with E-state index in [-0.39, 0.29) is 11.9 Å². The molecule has 0 fully saturated rings. The molecule has 0 aromatic carbocycles. The summed E-state index contributed by atoms with van der Waals surface area (Å²) in [6.45, 7) is 6.72. The maximum absolute atomic E-state index is 12.2. The number of nitrogens with two attached hydrogens (primary N) is 1. The first-order valence-corrected chi connectivity index (χ1v) is 6.32. The number of rotatable bonds is 4. The molecule has 6 nitrogen and oxygen atoms in total. The summed E-state index contributed by atoms with van der Waals surface area (Å²) < 4.78 is 3.61. The van der Waals surface area contributed by atoms with E-state index in [9.17, 15) is 4.79 Å². The van der Waals surface area contributed by atoms with Crippen molar-refractivity contribution in [3.05, 3.63) is 30.4 Å². The summed E-state index contributed by atoms with van der Waals surface area (Å²) in [7, 11) is 0. The Morgan fingerprint density at radius 3 is 2.79 bits per heavy atom. The van der Waals surface area contributed by atoms with Gasteiger partial charge in [-0.15, -0.1) is 0 Å². The first kappa shape index (κ1) is 13.2. The van der Waals surface area contributed by atoms with Gasteiger partial charge in [-0.3, -0.25) is 9.48 Å². The van der Waals surface area contributed by atoms with Crippen LogP contribution in [-0.4, -0.2) is 20.3 Å². The molecule has 2 aromatic heterocycles. The molecule has 0 saturated heterocycles. The van der Waals surface area contributed by atoms with Crippen molar-refractivity contribution in [3.63, 3.8) is 0 Å². The summed E-state index contributed by atoms with van der Waals surface area (Å²) in [6.07, 6.45) is 5.21. The van der Waals surface area contributed by atoms with Crippen molar-refractivity contribution >= 4 is 17.3 Å². The van der Waals surface area contributed by atoms with E-state index < -0.39 is 0 Å². The van der Waals surface area contributed by atoms with Gasteiger partial charge in [0, 0.05) is 25.0 Å². The predicted molar refractivity (Wildman–Crippen MR) is 75.1 cm³/mol. The van der Waals surface area contributed by atoms with E-state index >= 15 is 0 Å². The van der Waals surface area contributed by atoms with Crippen LogP contribution in [0.15, 0.2) is 24.7 Å². The molecule has 102 valence electrons. The van der Waals surface area contributed by atoms with Crippen LogP contribution >= 0.6 is 0 Å². The summed E-state index contributed by atoms with van der Waals surface area (Å²) in [5.41, 5.74) is 7.54. The second-order valence-electron chi connectivity index (χ2n) is 4.70. The van der Waals surface area contributed by atoms with Gasteiger partial charge in [-0.2, -0.15) is 5.10 Å². The number of anilines is 2. The zero-order valence-electron chi connectivity index (χ0n) is 11.4. The van der Waals surface area contributed by atoms with Crippen molar-refractivity contribution in [1.82, 2.24) is 14.3 Å². The number of carbonyl (C=O) groups is 1. The molecule has 0 bridgehead atoms. The van der Waals surface area contributed by atoms with Crippen LogP contribution < -0.4 is 11.1 Å². The summed E-state index contributed by atoms with van der Waals surface area (Å²) >= 11 is 0. The summed E-state index contributed by atoms with van der Waals surface area (Å²) in [6, 6.07) is 1.94. The molecular weight excluding hydrogens is 242 g/mol. The highest BCUT2D eigenvalue weighted by Gasteiger charge is 2.13. The highest BCUT2D eigenvalue weighted by atomic mass is 16.2. The number of aromatic nitrogens is 3. The van der Waals surface area contributed by atoms with E-state index in [1.807, 2.05) is 31.5 Å². The standard InChI is InChI=1S/C13H19N5O/c1-4-17-7-10(14)5-12(17)13(19)16-11-6-15-18(8-11)9(2)3/h5-9H,4,14H2,1-3H3,(H,16,19). The first-order chi connectivity index (χ1) is 9.01. The second-order valence-corrected chi connectivity index (χ2v) is 4.70. The third-order valence-electron chi connectivity index (χ3n) is 2.88. The molecule has 0 unspecified atom stereocenters. The maximum Gasteiger partial charge on any atom is 0.272 e. The van der Waals surface area contributed by atoms with Crippen LogP contribution in [0.4, 0.5) is 11.4 Å². The van der Waals surface area contributed by atoms with Gasteiger partial charge in [0.25, 0.3) is 5.91 Å². The summed E-state index contributed by atoms with van der Waals surface area (Å²) in [5.74, 6) is -0.179. The van der Waals surface area contributed by atoms with Gasteiger partial charge in [-0.1, -0.05) is 0 Å². The molecule has 2 rings (SSSR count). The Morgan fingerprint density at radius 1 is 1.47 bits per heavy atom. The predicted octanol–water partition coefficient (Wildman–Crippen LogP) is 2.12. The number of hydrogen-bond acceptors (Lipinski definition) is 3. The van der Waals surface area contributed by atoms with E-state index in [4.69, 9.17) is 5.73 Å². The highest BCUT2D eigenvalue weighted by molar-refractivity contribution is 6.03. The number of nitrogen functional groups attached to an aromatic ring is 1. The summed E-state index contributed by atoms with van der Waals surface area (Å²) in [4.78, 5) is 12.2. The minimum absolute atomic E-state index is 0.179.